The smallest absolute Gasteiger partial charge is 0.189 e. The van der Waals surface area contributed by atoms with Crippen molar-refractivity contribution in [2.75, 3.05) is 6.54 Å². The van der Waals surface area contributed by atoms with E-state index in [1.54, 1.807) is 12.1 Å². The highest BCUT2D eigenvalue weighted by Gasteiger charge is 1.94. The van der Waals surface area contributed by atoms with Crippen LogP contribution in [0.1, 0.15) is 12.5 Å². The molecule has 0 unspecified atom stereocenters. The first-order valence-electron chi connectivity index (χ1n) is 5.04. The number of hydrogen-bond acceptors (Lipinski definition) is 2. The Balaban J connectivity index is 2.45. The van der Waals surface area contributed by atoms with Crippen LogP contribution < -0.4 is 11.1 Å². The highest BCUT2D eigenvalue weighted by Crippen LogP contribution is 2.09. The fraction of sp³-hybridized carbons (Fsp3) is 0.250. The number of nitrogens with one attached hydrogen (secondary N) is 1. The molecule has 0 aliphatic rings. The summed E-state index contributed by atoms with van der Waals surface area (Å²) in [6.07, 6.45) is 0. The van der Waals surface area contributed by atoms with E-state index in [0.29, 0.717) is 19.0 Å². The van der Waals surface area contributed by atoms with E-state index in [4.69, 9.17) is 10.8 Å². The predicted molar refractivity (Wildman–Crippen MR) is 66.2 cm³/mol. The number of phenolic OH excluding ortho intramolecular Hbond substituents is 1. The third-order valence-electron chi connectivity index (χ3n) is 1.94. The Labute approximate surface area is 95.5 Å². The van der Waals surface area contributed by atoms with Crippen LogP contribution in [-0.4, -0.2) is 17.6 Å². The Morgan fingerprint density at radius 2 is 2.06 bits per heavy atom. The van der Waals surface area contributed by atoms with Crippen molar-refractivity contribution in [2.45, 2.75) is 13.5 Å². The van der Waals surface area contributed by atoms with Gasteiger partial charge in [0.15, 0.2) is 5.96 Å². The molecule has 1 rings (SSSR count). The van der Waals surface area contributed by atoms with Crippen LogP contribution in [0, 0.1) is 0 Å². The number of rotatable bonds is 4. The number of hydrogen-bond donors (Lipinski definition) is 3. The van der Waals surface area contributed by atoms with Gasteiger partial charge in [0.2, 0.25) is 0 Å². The van der Waals surface area contributed by atoms with Crippen LogP contribution in [0.15, 0.2) is 41.4 Å². The SMILES string of the molecule is C=C(C)CNC(N)=NCc1ccc(O)cc1. The summed E-state index contributed by atoms with van der Waals surface area (Å²) in [4.78, 5) is 4.16. The third-order valence-corrected chi connectivity index (χ3v) is 1.94. The quantitative estimate of drug-likeness (QED) is 0.407. The van der Waals surface area contributed by atoms with Crippen LogP contribution in [0.3, 0.4) is 0 Å². The minimum atomic E-state index is 0.251. The number of aliphatic imine (C=N–C) groups is 1. The lowest BCUT2D eigenvalue weighted by Crippen LogP contribution is -2.32. The maximum Gasteiger partial charge on any atom is 0.189 e. The number of benzene rings is 1. The first kappa shape index (κ1) is 12.1. The standard InChI is InChI=1S/C12H17N3O/c1-9(2)7-14-12(13)15-8-10-3-5-11(16)6-4-10/h3-6,16H,1,7-8H2,2H3,(H3,13,14,15). The lowest BCUT2D eigenvalue weighted by atomic mass is 10.2. The highest BCUT2D eigenvalue weighted by molar-refractivity contribution is 5.78. The average molecular weight is 219 g/mol. The molecular weight excluding hydrogens is 202 g/mol. The Hall–Kier alpha value is -1.97. The zero-order chi connectivity index (χ0) is 12.0. The maximum absolute atomic E-state index is 9.10. The lowest BCUT2D eigenvalue weighted by molar-refractivity contribution is 0.475. The lowest BCUT2D eigenvalue weighted by Gasteiger charge is -2.04. The van der Waals surface area contributed by atoms with Gasteiger partial charge in [-0.1, -0.05) is 24.3 Å². The topological polar surface area (TPSA) is 70.6 Å². The molecule has 0 saturated heterocycles. The van der Waals surface area contributed by atoms with Crippen molar-refractivity contribution in [3.05, 3.63) is 42.0 Å². The summed E-state index contributed by atoms with van der Waals surface area (Å²) in [7, 11) is 0. The summed E-state index contributed by atoms with van der Waals surface area (Å²) >= 11 is 0. The minimum Gasteiger partial charge on any atom is -0.508 e. The molecule has 0 spiro atoms. The minimum absolute atomic E-state index is 0.251. The largest absolute Gasteiger partial charge is 0.508 e. The van der Waals surface area contributed by atoms with Gasteiger partial charge >= 0.3 is 0 Å². The van der Waals surface area contributed by atoms with E-state index in [9.17, 15) is 0 Å². The van der Waals surface area contributed by atoms with Gasteiger partial charge in [-0.2, -0.15) is 0 Å². The van der Waals surface area contributed by atoms with Crippen LogP contribution in [0.5, 0.6) is 5.75 Å². The second kappa shape index (κ2) is 5.80. The fourth-order valence-electron chi connectivity index (χ4n) is 1.08. The molecule has 4 nitrogen and oxygen atoms in total. The molecule has 0 heterocycles. The van der Waals surface area contributed by atoms with Crippen LogP contribution in [0.4, 0.5) is 0 Å². The highest BCUT2D eigenvalue weighted by atomic mass is 16.3. The van der Waals surface area contributed by atoms with E-state index in [2.05, 4.69) is 16.9 Å². The monoisotopic (exact) mass is 219 g/mol. The van der Waals surface area contributed by atoms with Gasteiger partial charge in [-0.25, -0.2) is 4.99 Å². The fourth-order valence-corrected chi connectivity index (χ4v) is 1.08. The molecule has 0 fully saturated rings. The molecule has 0 aliphatic carbocycles. The van der Waals surface area contributed by atoms with E-state index < -0.39 is 0 Å². The molecule has 0 atom stereocenters. The van der Waals surface area contributed by atoms with Crippen molar-refractivity contribution in [2.24, 2.45) is 10.7 Å². The number of nitrogens with zero attached hydrogens (tertiary/aromatic N) is 1. The summed E-state index contributed by atoms with van der Waals surface area (Å²) < 4.78 is 0. The molecule has 0 saturated carbocycles. The van der Waals surface area contributed by atoms with Crippen molar-refractivity contribution in [3.63, 3.8) is 0 Å². The molecule has 0 bridgehead atoms. The second-order valence-corrected chi connectivity index (χ2v) is 3.68. The van der Waals surface area contributed by atoms with Crippen LogP contribution in [0.25, 0.3) is 0 Å². The van der Waals surface area contributed by atoms with Gasteiger partial charge in [0.25, 0.3) is 0 Å². The molecule has 4 heteroatoms. The summed E-state index contributed by atoms with van der Waals surface area (Å²) in [6.45, 7) is 6.80. The van der Waals surface area contributed by atoms with E-state index in [1.165, 1.54) is 0 Å². The van der Waals surface area contributed by atoms with Gasteiger partial charge in [-0.15, -0.1) is 0 Å². The summed E-state index contributed by atoms with van der Waals surface area (Å²) in [5.41, 5.74) is 7.65. The first-order chi connectivity index (χ1) is 7.58. The zero-order valence-corrected chi connectivity index (χ0v) is 9.40. The summed E-state index contributed by atoms with van der Waals surface area (Å²) in [5, 5.41) is 12.0. The van der Waals surface area contributed by atoms with Gasteiger partial charge in [-0.3, -0.25) is 0 Å². The molecule has 0 radical (unpaired) electrons. The van der Waals surface area contributed by atoms with E-state index >= 15 is 0 Å². The number of guanidine groups is 1. The molecule has 0 aromatic heterocycles. The van der Waals surface area contributed by atoms with Crippen LogP contribution >= 0.6 is 0 Å². The first-order valence-corrected chi connectivity index (χ1v) is 5.04. The molecule has 1 aromatic carbocycles. The number of phenols is 1. The normalized spacial score (nSPS) is 11.2. The second-order valence-electron chi connectivity index (χ2n) is 3.68. The molecular formula is C12H17N3O. The van der Waals surface area contributed by atoms with Gasteiger partial charge in [-0.05, 0) is 24.6 Å². The Morgan fingerprint density at radius 1 is 1.44 bits per heavy atom. The molecule has 16 heavy (non-hydrogen) atoms. The van der Waals surface area contributed by atoms with Gasteiger partial charge in [0, 0.05) is 6.54 Å². The van der Waals surface area contributed by atoms with Crippen molar-refractivity contribution >= 4 is 5.96 Å². The Kier molecular flexibility index (Phi) is 4.39. The Bertz CT molecular complexity index is 382. The van der Waals surface area contributed by atoms with Crippen LogP contribution in [0.2, 0.25) is 0 Å². The van der Waals surface area contributed by atoms with Crippen LogP contribution in [-0.2, 0) is 6.54 Å². The van der Waals surface area contributed by atoms with E-state index in [-0.39, 0.29) is 5.75 Å². The number of aromatic hydroxyl groups is 1. The third kappa shape index (κ3) is 4.50. The summed E-state index contributed by atoms with van der Waals surface area (Å²) in [5.74, 6) is 0.650. The maximum atomic E-state index is 9.10. The molecule has 0 aliphatic heterocycles. The molecule has 0 amide bonds. The van der Waals surface area contributed by atoms with Gasteiger partial charge < -0.3 is 16.2 Å². The molecule has 1 aromatic rings. The number of nitrogens with two attached hydrogens (primary N) is 1. The van der Waals surface area contributed by atoms with Crippen molar-refractivity contribution in [3.8, 4) is 5.75 Å². The predicted octanol–water partition coefficient (Wildman–Crippen LogP) is 1.37. The van der Waals surface area contributed by atoms with E-state index in [0.717, 1.165) is 11.1 Å². The Morgan fingerprint density at radius 3 is 2.62 bits per heavy atom. The van der Waals surface area contributed by atoms with Gasteiger partial charge in [0.05, 0.1) is 6.54 Å². The van der Waals surface area contributed by atoms with Crippen molar-refractivity contribution in [1.29, 1.82) is 0 Å². The van der Waals surface area contributed by atoms with Crippen molar-refractivity contribution in [1.82, 2.24) is 5.32 Å². The van der Waals surface area contributed by atoms with E-state index in [1.807, 2.05) is 19.1 Å². The summed E-state index contributed by atoms with van der Waals surface area (Å²) in [6, 6.07) is 6.88. The zero-order valence-electron chi connectivity index (χ0n) is 9.40. The average Bonchev–Trinajstić information content (AvgIpc) is 2.25. The van der Waals surface area contributed by atoms with Crippen molar-refractivity contribution < 1.29 is 5.11 Å². The van der Waals surface area contributed by atoms with Gasteiger partial charge in [0.1, 0.15) is 5.75 Å². The molecule has 4 N–H and O–H groups in total. The molecule has 86 valence electrons.